The number of sulfonamides is 1. The smallest absolute Gasteiger partial charge is 0.321 e. The van der Waals surface area contributed by atoms with Crippen LogP contribution in [-0.2, 0) is 26.0 Å². The molecule has 0 atom stereocenters. The molecule has 1 aromatic carbocycles. The predicted molar refractivity (Wildman–Crippen MR) is 100.0 cm³/mol. The summed E-state index contributed by atoms with van der Waals surface area (Å²) in [5, 5.41) is 0. The summed E-state index contributed by atoms with van der Waals surface area (Å²) < 4.78 is 32.3. The van der Waals surface area contributed by atoms with E-state index in [1.807, 2.05) is 6.92 Å². The minimum absolute atomic E-state index is 0.172. The van der Waals surface area contributed by atoms with E-state index in [0.717, 1.165) is 24.0 Å². The van der Waals surface area contributed by atoms with Gasteiger partial charge in [-0.05, 0) is 69.2 Å². The summed E-state index contributed by atoms with van der Waals surface area (Å²) in [5.41, 5.74) is 1.61. The molecule has 0 bridgehead atoms. The zero-order valence-corrected chi connectivity index (χ0v) is 17.2. The van der Waals surface area contributed by atoms with Gasteiger partial charge in [-0.3, -0.25) is 4.79 Å². The number of ether oxygens (including phenoxy) is 1. The number of carbonyl (C=O) groups excluding carboxylic acids is 1. The van der Waals surface area contributed by atoms with Crippen molar-refractivity contribution in [2.45, 2.75) is 71.8 Å². The van der Waals surface area contributed by atoms with Crippen LogP contribution in [0.25, 0.3) is 0 Å². The summed E-state index contributed by atoms with van der Waals surface area (Å²) >= 11 is 0. The van der Waals surface area contributed by atoms with E-state index in [1.165, 1.54) is 0 Å². The average molecular weight is 370 g/mol. The maximum absolute atomic E-state index is 12.4. The van der Waals surface area contributed by atoms with Crippen molar-refractivity contribution in [3.05, 3.63) is 29.3 Å². The molecule has 0 radical (unpaired) electrons. The molecule has 0 spiro atoms. The maximum Gasteiger partial charge on any atom is 0.321 e. The van der Waals surface area contributed by atoms with Crippen LogP contribution in [0.5, 0.6) is 0 Å². The number of hydrogen-bond acceptors (Lipinski definition) is 4. The Morgan fingerprint density at radius 3 is 2.24 bits per heavy atom. The Morgan fingerprint density at radius 1 is 1.12 bits per heavy atom. The Labute approximate surface area is 152 Å². The number of aryl methyl sites for hydroxylation is 2. The van der Waals surface area contributed by atoms with Gasteiger partial charge in [-0.2, -0.15) is 4.72 Å². The summed E-state index contributed by atoms with van der Waals surface area (Å²) in [6, 6.07) is 5.06. The van der Waals surface area contributed by atoms with Gasteiger partial charge in [0.2, 0.25) is 10.0 Å². The third kappa shape index (κ3) is 8.01. The van der Waals surface area contributed by atoms with Crippen molar-refractivity contribution < 1.29 is 17.9 Å². The Kier molecular flexibility index (Phi) is 6.81. The van der Waals surface area contributed by atoms with Crippen LogP contribution in [0.2, 0.25) is 0 Å². The largest absolute Gasteiger partial charge is 0.459 e. The van der Waals surface area contributed by atoms with Gasteiger partial charge in [0.25, 0.3) is 0 Å². The molecule has 0 aromatic heterocycles. The fraction of sp³-hybridized carbons (Fsp3) is 0.632. The van der Waals surface area contributed by atoms with Crippen molar-refractivity contribution in [2.75, 3.05) is 6.54 Å². The highest BCUT2D eigenvalue weighted by atomic mass is 32.2. The molecule has 5 nitrogen and oxygen atoms in total. The van der Waals surface area contributed by atoms with Crippen LogP contribution >= 0.6 is 0 Å². The van der Waals surface area contributed by atoms with E-state index in [9.17, 15) is 13.2 Å². The van der Waals surface area contributed by atoms with Crippen molar-refractivity contribution in [1.29, 1.82) is 0 Å². The quantitative estimate of drug-likeness (QED) is 0.778. The zero-order chi connectivity index (χ0) is 19.5. The van der Waals surface area contributed by atoms with Crippen molar-refractivity contribution in [3.8, 4) is 0 Å². The number of nitrogens with one attached hydrogen (secondary N) is 1. The van der Waals surface area contributed by atoms with Gasteiger partial charge < -0.3 is 4.74 Å². The first kappa shape index (κ1) is 21.6. The minimum Gasteiger partial charge on any atom is -0.459 e. The third-order valence-electron chi connectivity index (χ3n) is 3.60. The number of carbonyl (C=O) groups is 1. The van der Waals surface area contributed by atoms with Crippen LogP contribution in [0.15, 0.2) is 23.1 Å². The second-order valence-corrected chi connectivity index (χ2v) is 10.3. The lowest BCUT2D eigenvalue weighted by atomic mass is 9.88. The molecule has 0 amide bonds. The van der Waals surface area contributed by atoms with E-state index >= 15 is 0 Å². The molecule has 0 aliphatic rings. The van der Waals surface area contributed by atoms with E-state index < -0.39 is 21.6 Å². The highest BCUT2D eigenvalue weighted by Gasteiger charge is 2.21. The highest BCUT2D eigenvalue weighted by Crippen LogP contribution is 2.24. The Morgan fingerprint density at radius 2 is 1.72 bits per heavy atom. The third-order valence-corrected chi connectivity index (χ3v) is 5.00. The number of benzene rings is 1. The monoisotopic (exact) mass is 369 g/mol. The number of hydrogen-bond donors (Lipinski definition) is 1. The molecule has 6 heteroatoms. The lowest BCUT2D eigenvalue weighted by molar-refractivity contribution is -0.153. The molecule has 0 aliphatic heterocycles. The van der Waals surface area contributed by atoms with Gasteiger partial charge in [-0.15, -0.1) is 0 Å². The van der Waals surface area contributed by atoms with Crippen LogP contribution in [-0.4, -0.2) is 26.5 Å². The first-order chi connectivity index (χ1) is 11.2. The van der Waals surface area contributed by atoms with Crippen LogP contribution in [0.3, 0.4) is 0 Å². The molecule has 1 N–H and O–H groups in total. The molecule has 0 saturated carbocycles. The van der Waals surface area contributed by atoms with Crippen molar-refractivity contribution in [1.82, 2.24) is 4.72 Å². The van der Waals surface area contributed by atoms with Gasteiger partial charge >= 0.3 is 5.97 Å². The molecule has 0 fully saturated rings. The molecular formula is C19H31NO4S. The molecule has 0 heterocycles. The summed E-state index contributed by atoms with van der Waals surface area (Å²) in [6.07, 6.45) is 1.77. The van der Waals surface area contributed by atoms with Gasteiger partial charge in [-0.1, -0.05) is 26.8 Å². The first-order valence-corrected chi connectivity index (χ1v) is 9.99. The van der Waals surface area contributed by atoms with Crippen molar-refractivity contribution in [3.63, 3.8) is 0 Å². The van der Waals surface area contributed by atoms with Gasteiger partial charge in [0.1, 0.15) is 12.1 Å². The van der Waals surface area contributed by atoms with Crippen LogP contribution in [0, 0.1) is 12.3 Å². The van der Waals surface area contributed by atoms with Crippen LogP contribution < -0.4 is 4.72 Å². The van der Waals surface area contributed by atoms with E-state index in [1.54, 1.807) is 39.0 Å². The average Bonchev–Trinajstić information content (AvgIpc) is 2.41. The zero-order valence-electron chi connectivity index (χ0n) is 16.4. The molecule has 142 valence electrons. The topological polar surface area (TPSA) is 72.5 Å². The van der Waals surface area contributed by atoms with E-state index in [0.29, 0.717) is 0 Å². The highest BCUT2D eigenvalue weighted by molar-refractivity contribution is 7.89. The number of esters is 1. The second kappa shape index (κ2) is 7.87. The Bertz CT molecular complexity index is 710. The van der Waals surface area contributed by atoms with E-state index in [4.69, 9.17) is 4.74 Å². The minimum atomic E-state index is -3.75. The fourth-order valence-electron chi connectivity index (χ4n) is 2.21. The molecule has 1 aromatic rings. The first-order valence-electron chi connectivity index (χ1n) is 8.51. The molecule has 0 aliphatic carbocycles. The lowest BCUT2D eigenvalue weighted by Crippen LogP contribution is -2.34. The lowest BCUT2D eigenvalue weighted by Gasteiger charge is -2.20. The summed E-state index contributed by atoms with van der Waals surface area (Å²) in [6.45, 7) is 13.3. The normalized spacial score (nSPS) is 12.9. The summed E-state index contributed by atoms with van der Waals surface area (Å²) in [7, 11) is -3.75. The maximum atomic E-state index is 12.4. The van der Waals surface area contributed by atoms with Gasteiger partial charge in [0.05, 0.1) is 4.90 Å². The predicted octanol–water partition coefficient (Wildman–Crippen LogP) is 3.59. The Hall–Kier alpha value is -1.40. The fourth-order valence-corrected chi connectivity index (χ4v) is 3.23. The van der Waals surface area contributed by atoms with Crippen LogP contribution in [0.1, 0.15) is 59.1 Å². The standard InChI is InChI=1S/C19H31NO4S/c1-14-8-9-16(12-15(14)10-11-18(2,3)4)25(22,23)20-13-17(21)24-19(5,6)7/h8-9,12,20H,10-11,13H2,1-7H3. The second-order valence-electron chi connectivity index (χ2n) is 8.56. The van der Waals surface area contributed by atoms with Crippen LogP contribution in [0.4, 0.5) is 0 Å². The Balaban J connectivity index is 2.86. The van der Waals surface area contributed by atoms with Crippen molar-refractivity contribution >= 4 is 16.0 Å². The molecule has 1 rings (SSSR count). The van der Waals surface area contributed by atoms with E-state index in [-0.39, 0.29) is 16.9 Å². The van der Waals surface area contributed by atoms with Gasteiger partial charge in [-0.25, -0.2) is 8.42 Å². The molecular weight excluding hydrogens is 338 g/mol. The molecule has 25 heavy (non-hydrogen) atoms. The summed E-state index contributed by atoms with van der Waals surface area (Å²) in [5.74, 6) is -0.601. The molecule has 0 unspecified atom stereocenters. The summed E-state index contributed by atoms with van der Waals surface area (Å²) in [4.78, 5) is 11.9. The van der Waals surface area contributed by atoms with Crippen molar-refractivity contribution in [2.24, 2.45) is 5.41 Å². The molecule has 0 saturated heterocycles. The van der Waals surface area contributed by atoms with E-state index in [2.05, 4.69) is 25.5 Å². The number of rotatable bonds is 6. The SMILES string of the molecule is Cc1ccc(S(=O)(=O)NCC(=O)OC(C)(C)C)cc1CCC(C)(C)C. The van der Waals surface area contributed by atoms with Gasteiger partial charge in [0, 0.05) is 0 Å². The van der Waals surface area contributed by atoms with Gasteiger partial charge in [0.15, 0.2) is 0 Å².